The Morgan fingerprint density at radius 1 is 1.20 bits per heavy atom. The fraction of sp³-hybridized carbons (Fsp3) is 0.429. The van der Waals surface area contributed by atoms with Crippen molar-refractivity contribution in [2.45, 2.75) is 36.8 Å². The van der Waals surface area contributed by atoms with E-state index in [1.807, 2.05) is 11.6 Å². The predicted octanol–water partition coefficient (Wildman–Crippen LogP) is 3.95. The number of sulfonamides is 1. The zero-order valence-electron chi connectivity index (χ0n) is 17.2. The molecule has 1 aliphatic rings. The number of fused-ring (bicyclic) bond motifs is 1. The molecule has 1 aromatic carbocycles. The molecule has 2 aromatic heterocycles. The predicted molar refractivity (Wildman–Crippen MR) is 121 cm³/mol. The van der Waals surface area contributed by atoms with Gasteiger partial charge in [0.25, 0.3) is 15.9 Å². The molecular formula is C21H25N3O3S3. The number of piperidine rings is 1. The van der Waals surface area contributed by atoms with E-state index in [1.54, 1.807) is 17.5 Å². The minimum absolute atomic E-state index is 0.158. The van der Waals surface area contributed by atoms with Crippen LogP contribution in [-0.2, 0) is 21.9 Å². The van der Waals surface area contributed by atoms with Gasteiger partial charge in [-0.05, 0) is 47.9 Å². The highest BCUT2D eigenvalue weighted by atomic mass is 32.2. The smallest absolute Gasteiger partial charge is 0.252 e. The number of thiophene rings is 1. The first-order valence-electron chi connectivity index (χ1n) is 9.99. The molecule has 6 nitrogen and oxygen atoms in total. The van der Waals surface area contributed by atoms with E-state index in [2.05, 4.69) is 37.0 Å². The summed E-state index contributed by atoms with van der Waals surface area (Å²) in [6, 6.07) is 9.73. The molecule has 3 heterocycles. The van der Waals surface area contributed by atoms with Crippen LogP contribution in [0.3, 0.4) is 0 Å². The van der Waals surface area contributed by atoms with Gasteiger partial charge < -0.3 is 4.57 Å². The van der Waals surface area contributed by atoms with Gasteiger partial charge in [0, 0.05) is 26.1 Å². The largest absolute Gasteiger partial charge is 0.319 e. The van der Waals surface area contributed by atoms with Crippen molar-refractivity contribution in [3.63, 3.8) is 0 Å². The Kier molecular flexibility index (Phi) is 5.98. The summed E-state index contributed by atoms with van der Waals surface area (Å²) in [7, 11) is -1.53. The van der Waals surface area contributed by atoms with Crippen molar-refractivity contribution in [2.75, 3.05) is 13.1 Å². The van der Waals surface area contributed by atoms with Gasteiger partial charge in [-0.25, -0.2) is 8.42 Å². The summed E-state index contributed by atoms with van der Waals surface area (Å²) in [5.41, 5.74) is 2.33. The molecule has 1 fully saturated rings. The van der Waals surface area contributed by atoms with Gasteiger partial charge in [0.2, 0.25) is 0 Å². The highest BCUT2D eigenvalue weighted by Crippen LogP contribution is 2.27. The highest BCUT2D eigenvalue weighted by molar-refractivity contribution is 7.91. The molecule has 0 saturated carbocycles. The SMILES string of the molecule is CC(C)c1ccc2c(c1)sc(=NC(=O)C1CCN(S(=O)(=O)c3cccs3)CC1)n2C. The molecule has 30 heavy (non-hydrogen) atoms. The molecule has 0 aliphatic carbocycles. The molecule has 0 atom stereocenters. The first-order chi connectivity index (χ1) is 14.3. The third kappa shape index (κ3) is 4.03. The van der Waals surface area contributed by atoms with Crippen molar-refractivity contribution in [3.8, 4) is 0 Å². The third-order valence-electron chi connectivity index (χ3n) is 5.60. The van der Waals surface area contributed by atoms with Crippen LogP contribution >= 0.6 is 22.7 Å². The lowest BCUT2D eigenvalue weighted by atomic mass is 9.98. The van der Waals surface area contributed by atoms with E-state index in [0.29, 0.717) is 40.9 Å². The quantitative estimate of drug-likeness (QED) is 0.588. The number of nitrogens with zero attached hydrogens (tertiary/aromatic N) is 3. The summed E-state index contributed by atoms with van der Waals surface area (Å²) < 4.78 is 30.2. The van der Waals surface area contributed by atoms with Crippen molar-refractivity contribution in [3.05, 3.63) is 46.1 Å². The van der Waals surface area contributed by atoms with Gasteiger partial charge in [-0.1, -0.05) is 37.3 Å². The average molecular weight is 464 g/mol. The molecule has 0 N–H and O–H groups in total. The summed E-state index contributed by atoms with van der Waals surface area (Å²) in [6.07, 6.45) is 0.998. The van der Waals surface area contributed by atoms with Crippen LogP contribution in [0.5, 0.6) is 0 Å². The second kappa shape index (κ2) is 8.37. The van der Waals surface area contributed by atoms with E-state index in [4.69, 9.17) is 0 Å². The molecule has 3 aromatic rings. The fourth-order valence-corrected chi connectivity index (χ4v) is 7.37. The number of hydrogen-bond acceptors (Lipinski definition) is 5. The number of hydrogen-bond donors (Lipinski definition) is 0. The van der Waals surface area contributed by atoms with Crippen molar-refractivity contribution >= 4 is 48.8 Å². The summed E-state index contributed by atoms with van der Waals surface area (Å²) in [5.74, 6) is 0.0464. The summed E-state index contributed by atoms with van der Waals surface area (Å²) in [6.45, 7) is 5.02. The van der Waals surface area contributed by atoms with Crippen LogP contribution in [-0.4, -0.2) is 36.3 Å². The van der Waals surface area contributed by atoms with Gasteiger partial charge in [0.15, 0.2) is 4.80 Å². The van der Waals surface area contributed by atoms with E-state index in [-0.39, 0.29) is 11.8 Å². The lowest BCUT2D eigenvalue weighted by molar-refractivity contribution is -0.122. The van der Waals surface area contributed by atoms with E-state index in [1.165, 1.54) is 32.5 Å². The van der Waals surface area contributed by atoms with Gasteiger partial charge in [-0.2, -0.15) is 9.30 Å². The van der Waals surface area contributed by atoms with Crippen LogP contribution in [0, 0.1) is 5.92 Å². The topological polar surface area (TPSA) is 71.7 Å². The molecular weight excluding hydrogens is 438 g/mol. The molecule has 0 radical (unpaired) electrons. The van der Waals surface area contributed by atoms with Gasteiger partial charge in [-0.3, -0.25) is 4.79 Å². The first-order valence-corrected chi connectivity index (χ1v) is 13.1. The minimum Gasteiger partial charge on any atom is -0.319 e. The molecule has 4 rings (SSSR count). The van der Waals surface area contributed by atoms with Crippen molar-refractivity contribution in [1.82, 2.24) is 8.87 Å². The zero-order valence-corrected chi connectivity index (χ0v) is 19.7. The molecule has 160 valence electrons. The van der Waals surface area contributed by atoms with Crippen molar-refractivity contribution < 1.29 is 13.2 Å². The van der Waals surface area contributed by atoms with E-state index < -0.39 is 10.0 Å². The number of aromatic nitrogens is 1. The maximum Gasteiger partial charge on any atom is 0.252 e. The lowest BCUT2D eigenvalue weighted by Gasteiger charge is -2.29. The zero-order chi connectivity index (χ0) is 21.5. The average Bonchev–Trinajstić information content (AvgIpc) is 3.37. The second-order valence-electron chi connectivity index (χ2n) is 7.89. The number of carbonyl (C=O) groups is 1. The Balaban J connectivity index is 1.51. The van der Waals surface area contributed by atoms with Gasteiger partial charge in [-0.15, -0.1) is 11.3 Å². The molecule has 0 unspecified atom stereocenters. The van der Waals surface area contributed by atoms with E-state index >= 15 is 0 Å². The maximum atomic E-state index is 12.8. The molecule has 0 bridgehead atoms. The molecule has 1 aliphatic heterocycles. The number of carbonyl (C=O) groups excluding carboxylic acids is 1. The van der Waals surface area contributed by atoms with Crippen LogP contribution < -0.4 is 4.80 Å². The number of benzene rings is 1. The number of aryl methyl sites for hydroxylation is 1. The van der Waals surface area contributed by atoms with E-state index in [0.717, 1.165) is 10.2 Å². The maximum absolute atomic E-state index is 12.8. The van der Waals surface area contributed by atoms with Crippen LogP contribution in [0.4, 0.5) is 0 Å². The van der Waals surface area contributed by atoms with Crippen molar-refractivity contribution in [2.24, 2.45) is 18.0 Å². The van der Waals surface area contributed by atoms with Crippen LogP contribution in [0.15, 0.2) is 44.9 Å². The summed E-state index contributed by atoms with van der Waals surface area (Å²) in [5, 5.41) is 1.76. The highest BCUT2D eigenvalue weighted by Gasteiger charge is 2.32. The van der Waals surface area contributed by atoms with Gasteiger partial charge in [0.1, 0.15) is 4.21 Å². The van der Waals surface area contributed by atoms with Crippen LogP contribution in [0.25, 0.3) is 10.2 Å². The van der Waals surface area contributed by atoms with Crippen LogP contribution in [0.1, 0.15) is 38.2 Å². The monoisotopic (exact) mass is 463 g/mol. The summed E-state index contributed by atoms with van der Waals surface area (Å²) in [4.78, 5) is 17.9. The van der Waals surface area contributed by atoms with Crippen LogP contribution in [0.2, 0.25) is 0 Å². The lowest BCUT2D eigenvalue weighted by Crippen LogP contribution is -2.40. The Hall–Kier alpha value is -1.81. The number of amides is 1. The molecule has 9 heteroatoms. The number of rotatable bonds is 4. The molecule has 0 spiro atoms. The molecule has 1 saturated heterocycles. The van der Waals surface area contributed by atoms with Gasteiger partial charge in [0.05, 0.1) is 10.2 Å². The number of thiazole rings is 1. The Bertz CT molecular complexity index is 1230. The van der Waals surface area contributed by atoms with E-state index in [9.17, 15) is 13.2 Å². The third-order valence-corrected chi connectivity index (χ3v) is 9.96. The molecule has 1 amide bonds. The normalized spacial score (nSPS) is 17.3. The fourth-order valence-electron chi connectivity index (χ4n) is 3.68. The standard InChI is InChI=1S/C21H25N3O3S3/c1-14(2)16-6-7-17-18(13-16)29-21(23(17)3)22-20(25)15-8-10-24(11-9-15)30(26,27)19-5-4-12-28-19/h4-7,12-15H,8-11H2,1-3H3. The Labute approximate surface area is 184 Å². The van der Waals surface area contributed by atoms with Crippen molar-refractivity contribution in [1.29, 1.82) is 0 Å². The Morgan fingerprint density at radius 2 is 1.93 bits per heavy atom. The Morgan fingerprint density at radius 3 is 2.57 bits per heavy atom. The summed E-state index contributed by atoms with van der Waals surface area (Å²) >= 11 is 2.74. The second-order valence-corrected chi connectivity index (χ2v) is 12.0. The minimum atomic E-state index is -3.45. The first kappa shape index (κ1) is 21.4. The van der Waals surface area contributed by atoms with Gasteiger partial charge >= 0.3 is 0 Å².